The molecule has 0 amide bonds. The van der Waals surface area contributed by atoms with E-state index in [0.717, 1.165) is 0 Å². The first-order chi connectivity index (χ1) is 6.49. The van der Waals surface area contributed by atoms with Crippen LogP contribution < -0.4 is 0 Å². The molecular weight excluding hydrogens is 192 g/mol. The molecule has 82 valence electrons. The average molecular weight is 206 g/mol. The van der Waals surface area contributed by atoms with Crippen LogP contribution >= 0.6 is 0 Å². The molecule has 0 aliphatic carbocycles. The van der Waals surface area contributed by atoms with Gasteiger partial charge in [0.1, 0.15) is 24.6 Å². The summed E-state index contributed by atoms with van der Waals surface area (Å²) in [6.45, 7) is 1.48. The number of aldehydes is 1. The molecule has 6 nitrogen and oxygen atoms in total. The van der Waals surface area contributed by atoms with Gasteiger partial charge in [-0.25, -0.2) is 0 Å². The topological polar surface area (TPSA) is 107 Å². The van der Waals surface area contributed by atoms with Gasteiger partial charge in [0.05, 0.1) is 6.10 Å². The van der Waals surface area contributed by atoms with Gasteiger partial charge in [-0.3, -0.25) is 0 Å². The van der Waals surface area contributed by atoms with E-state index in [-0.39, 0.29) is 0 Å². The zero-order chi connectivity index (χ0) is 10.9. The van der Waals surface area contributed by atoms with Crippen LogP contribution in [0.25, 0.3) is 0 Å². The van der Waals surface area contributed by atoms with E-state index < -0.39 is 36.6 Å². The molecule has 1 heterocycles. The van der Waals surface area contributed by atoms with Gasteiger partial charge in [-0.15, -0.1) is 0 Å². The standard InChI is InChI=1S/C8H14O6/c1-3(2-9)7-5(11)4(10)6(12)8(13)14-7/h2-8,10-13H,1H3. The molecule has 0 aromatic heterocycles. The number of hydrogen-bond donors (Lipinski definition) is 4. The fourth-order valence-electron chi connectivity index (χ4n) is 1.40. The molecule has 6 atom stereocenters. The Morgan fingerprint density at radius 1 is 1.14 bits per heavy atom. The smallest absolute Gasteiger partial charge is 0.183 e. The molecule has 1 fully saturated rings. The summed E-state index contributed by atoms with van der Waals surface area (Å²) in [4.78, 5) is 10.4. The van der Waals surface area contributed by atoms with Gasteiger partial charge in [-0.05, 0) is 0 Å². The van der Waals surface area contributed by atoms with Crippen LogP contribution in [0.15, 0.2) is 0 Å². The minimum absolute atomic E-state index is 0.547. The van der Waals surface area contributed by atoms with E-state index in [4.69, 9.17) is 14.9 Å². The molecule has 6 heteroatoms. The monoisotopic (exact) mass is 206 g/mol. The third-order valence-electron chi connectivity index (χ3n) is 2.36. The first kappa shape index (κ1) is 11.5. The highest BCUT2D eigenvalue weighted by Crippen LogP contribution is 2.23. The maximum absolute atomic E-state index is 10.4. The lowest BCUT2D eigenvalue weighted by molar-refractivity contribution is -0.287. The van der Waals surface area contributed by atoms with Crippen molar-refractivity contribution >= 4 is 6.29 Å². The van der Waals surface area contributed by atoms with Gasteiger partial charge in [-0.1, -0.05) is 6.92 Å². The Hall–Kier alpha value is -0.530. The van der Waals surface area contributed by atoms with Gasteiger partial charge in [0.25, 0.3) is 0 Å². The minimum atomic E-state index is -1.58. The Balaban J connectivity index is 2.74. The highest BCUT2D eigenvalue weighted by Gasteiger charge is 2.44. The van der Waals surface area contributed by atoms with E-state index in [0.29, 0.717) is 6.29 Å². The van der Waals surface area contributed by atoms with Crippen molar-refractivity contribution in [2.75, 3.05) is 0 Å². The predicted molar refractivity (Wildman–Crippen MR) is 44.1 cm³/mol. The van der Waals surface area contributed by atoms with Crippen molar-refractivity contribution < 1.29 is 30.0 Å². The Labute approximate surface area is 80.7 Å². The first-order valence-corrected chi connectivity index (χ1v) is 4.32. The zero-order valence-electron chi connectivity index (χ0n) is 7.65. The largest absolute Gasteiger partial charge is 0.388 e. The van der Waals surface area contributed by atoms with E-state index in [2.05, 4.69) is 0 Å². The Morgan fingerprint density at radius 2 is 1.71 bits per heavy atom. The number of carbonyl (C=O) groups excluding carboxylic acids is 1. The third kappa shape index (κ3) is 1.94. The van der Waals surface area contributed by atoms with Crippen LogP contribution in [0.4, 0.5) is 0 Å². The van der Waals surface area contributed by atoms with Gasteiger partial charge in [0.2, 0.25) is 0 Å². The van der Waals surface area contributed by atoms with Crippen LogP contribution in [0.3, 0.4) is 0 Å². The molecule has 0 spiro atoms. The van der Waals surface area contributed by atoms with Crippen LogP contribution in [0.5, 0.6) is 0 Å². The minimum Gasteiger partial charge on any atom is -0.388 e. The molecule has 0 radical (unpaired) electrons. The summed E-state index contributed by atoms with van der Waals surface area (Å²) in [6.07, 6.45) is -6.48. The summed E-state index contributed by atoms with van der Waals surface area (Å²) < 4.78 is 4.80. The molecular formula is C8H14O6. The summed E-state index contributed by atoms with van der Waals surface area (Å²) in [7, 11) is 0. The molecule has 1 rings (SSSR count). The van der Waals surface area contributed by atoms with E-state index in [9.17, 15) is 15.0 Å². The highest BCUT2D eigenvalue weighted by atomic mass is 16.6. The second kappa shape index (κ2) is 4.33. The van der Waals surface area contributed by atoms with Crippen molar-refractivity contribution in [2.45, 2.75) is 37.6 Å². The number of rotatable bonds is 2. The molecule has 6 unspecified atom stereocenters. The lowest BCUT2D eigenvalue weighted by Gasteiger charge is -2.39. The number of hydrogen-bond acceptors (Lipinski definition) is 6. The quantitative estimate of drug-likeness (QED) is 0.376. The Morgan fingerprint density at radius 3 is 2.21 bits per heavy atom. The van der Waals surface area contributed by atoms with Crippen LogP contribution in [-0.2, 0) is 9.53 Å². The van der Waals surface area contributed by atoms with Crippen LogP contribution in [0, 0.1) is 5.92 Å². The van der Waals surface area contributed by atoms with E-state index >= 15 is 0 Å². The van der Waals surface area contributed by atoms with Gasteiger partial charge in [0, 0.05) is 5.92 Å². The van der Waals surface area contributed by atoms with Crippen molar-refractivity contribution in [2.24, 2.45) is 5.92 Å². The fourth-order valence-corrected chi connectivity index (χ4v) is 1.40. The van der Waals surface area contributed by atoms with Crippen LogP contribution in [-0.4, -0.2) is 57.4 Å². The summed E-state index contributed by atoms with van der Waals surface area (Å²) in [5.74, 6) is -0.665. The van der Waals surface area contributed by atoms with Crippen molar-refractivity contribution in [1.82, 2.24) is 0 Å². The molecule has 14 heavy (non-hydrogen) atoms. The molecule has 1 aliphatic rings. The van der Waals surface area contributed by atoms with E-state index in [1.807, 2.05) is 0 Å². The molecule has 0 saturated carbocycles. The molecule has 1 aliphatic heterocycles. The normalized spacial score (nSPS) is 45.9. The summed E-state index contributed by atoms with van der Waals surface area (Å²) in [5, 5.41) is 36.9. The maximum atomic E-state index is 10.4. The number of aliphatic hydroxyl groups excluding tert-OH is 4. The van der Waals surface area contributed by atoms with E-state index in [1.54, 1.807) is 0 Å². The van der Waals surface area contributed by atoms with Crippen LogP contribution in [0.1, 0.15) is 6.92 Å². The molecule has 4 N–H and O–H groups in total. The van der Waals surface area contributed by atoms with Crippen molar-refractivity contribution in [3.05, 3.63) is 0 Å². The first-order valence-electron chi connectivity index (χ1n) is 4.32. The maximum Gasteiger partial charge on any atom is 0.183 e. The summed E-state index contributed by atoms with van der Waals surface area (Å²) in [6, 6.07) is 0. The lowest BCUT2D eigenvalue weighted by atomic mass is 9.92. The molecule has 0 bridgehead atoms. The summed E-state index contributed by atoms with van der Waals surface area (Å²) >= 11 is 0. The number of ether oxygens (including phenoxy) is 1. The summed E-state index contributed by atoms with van der Waals surface area (Å²) in [5.41, 5.74) is 0. The van der Waals surface area contributed by atoms with Crippen molar-refractivity contribution in [3.8, 4) is 0 Å². The SMILES string of the molecule is CC(C=O)C1OC(O)C(O)C(O)C1O. The Kier molecular flexibility index (Phi) is 3.57. The highest BCUT2D eigenvalue weighted by molar-refractivity contribution is 5.54. The third-order valence-corrected chi connectivity index (χ3v) is 2.36. The van der Waals surface area contributed by atoms with Gasteiger partial charge >= 0.3 is 0 Å². The molecule has 1 saturated heterocycles. The molecule has 0 aromatic rings. The second-order valence-corrected chi connectivity index (χ2v) is 3.46. The number of carbonyl (C=O) groups is 1. The van der Waals surface area contributed by atoms with Gasteiger partial charge in [0.15, 0.2) is 6.29 Å². The Bertz CT molecular complexity index is 208. The predicted octanol–water partition coefficient (Wildman–Crippen LogP) is -2.38. The molecule has 0 aromatic carbocycles. The average Bonchev–Trinajstić information content (AvgIpc) is 2.19. The second-order valence-electron chi connectivity index (χ2n) is 3.46. The number of aliphatic hydroxyl groups is 4. The van der Waals surface area contributed by atoms with E-state index in [1.165, 1.54) is 6.92 Å². The lowest BCUT2D eigenvalue weighted by Crippen LogP contribution is -2.59. The van der Waals surface area contributed by atoms with Gasteiger partial charge < -0.3 is 30.0 Å². The van der Waals surface area contributed by atoms with Crippen molar-refractivity contribution in [1.29, 1.82) is 0 Å². The van der Waals surface area contributed by atoms with Crippen molar-refractivity contribution in [3.63, 3.8) is 0 Å². The fraction of sp³-hybridized carbons (Fsp3) is 0.875. The zero-order valence-corrected chi connectivity index (χ0v) is 7.65. The van der Waals surface area contributed by atoms with Gasteiger partial charge in [-0.2, -0.15) is 0 Å². The van der Waals surface area contributed by atoms with Crippen LogP contribution in [0.2, 0.25) is 0 Å².